The third-order valence-corrected chi connectivity index (χ3v) is 8.67. The molecule has 0 saturated heterocycles. The molecule has 9 aromatic rings. The van der Waals surface area contributed by atoms with Crippen LogP contribution in [0.1, 0.15) is 0 Å². The van der Waals surface area contributed by atoms with Crippen molar-refractivity contribution < 1.29 is 4.42 Å². The average Bonchev–Trinajstić information content (AvgIpc) is 3.53. The first-order valence-electron chi connectivity index (χ1n) is 16.0. The summed E-state index contributed by atoms with van der Waals surface area (Å²) in [5.74, 6) is 1.84. The van der Waals surface area contributed by atoms with E-state index in [-0.39, 0.29) is 0 Å². The van der Waals surface area contributed by atoms with Crippen molar-refractivity contribution in [3.05, 3.63) is 170 Å². The lowest BCUT2D eigenvalue weighted by molar-refractivity contribution is 0.669. The summed E-state index contributed by atoms with van der Waals surface area (Å²) in [5.41, 5.74) is 7.40. The standard InChI is InChI=1S/C43H28N4O/c1-5-15-29(16-6-1)41-44-42(30-17-7-2-8-18-30)46-43(45-41)32-25-26-36-37-27-31-19-13-14-24-35(31)39(40(37)48-38(36)28-32)47(33-20-9-3-10-21-33)34-22-11-4-12-23-34/h1-28H. The predicted molar refractivity (Wildman–Crippen MR) is 196 cm³/mol. The zero-order chi connectivity index (χ0) is 31.9. The first-order chi connectivity index (χ1) is 23.8. The van der Waals surface area contributed by atoms with Gasteiger partial charge in [0.25, 0.3) is 0 Å². The Labute approximate surface area is 277 Å². The molecule has 0 amide bonds. The van der Waals surface area contributed by atoms with Gasteiger partial charge in [0.1, 0.15) is 5.58 Å². The van der Waals surface area contributed by atoms with Crippen LogP contribution in [0, 0.1) is 0 Å². The van der Waals surface area contributed by atoms with E-state index in [4.69, 9.17) is 19.4 Å². The van der Waals surface area contributed by atoms with E-state index >= 15 is 0 Å². The Balaban J connectivity index is 1.28. The highest BCUT2D eigenvalue weighted by Gasteiger charge is 2.23. The summed E-state index contributed by atoms with van der Waals surface area (Å²) in [6, 6.07) is 58.0. The van der Waals surface area contributed by atoms with Crippen LogP contribution in [0.25, 0.3) is 66.9 Å². The molecule has 0 aliphatic carbocycles. The quantitative estimate of drug-likeness (QED) is 0.186. The van der Waals surface area contributed by atoms with Gasteiger partial charge in [0.05, 0.1) is 5.69 Å². The molecule has 2 heterocycles. The minimum absolute atomic E-state index is 0.589. The van der Waals surface area contributed by atoms with Crippen LogP contribution in [0.3, 0.4) is 0 Å². The lowest BCUT2D eigenvalue weighted by Crippen LogP contribution is -2.10. The third kappa shape index (κ3) is 4.86. The molecule has 0 saturated carbocycles. The van der Waals surface area contributed by atoms with E-state index in [9.17, 15) is 0 Å². The van der Waals surface area contributed by atoms with Crippen LogP contribution in [-0.2, 0) is 0 Å². The molecule has 0 unspecified atom stereocenters. The fourth-order valence-electron chi connectivity index (χ4n) is 6.41. The van der Waals surface area contributed by atoms with E-state index in [2.05, 4.69) is 102 Å². The molecular weight excluding hydrogens is 589 g/mol. The molecule has 2 aromatic heterocycles. The van der Waals surface area contributed by atoms with Crippen LogP contribution >= 0.6 is 0 Å². The summed E-state index contributed by atoms with van der Waals surface area (Å²) in [4.78, 5) is 17.1. The highest BCUT2D eigenvalue weighted by molar-refractivity contribution is 6.19. The van der Waals surface area contributed by atoms with Gasteiger partial charge in [-0.05, 0) is 47.9 Å². The van der Waals surface area contributed by atoms with E-state index in [0.29, 0.717) is 17.5 Å². The van der Waals surface area contributed by atoms with Crippen molar-refractivity contribution in [1.29, 1.82) is 0 Å². The average molecular weight is 617 g/mol. The second kappa shape index (κ2) is 11.6. The van der Waals surface area contributed by atoms with Gasteiger partial charge in [0, 0.05) is 44.2 Å². The van der Waals surface area contributed by atoms with Crippen molar-refractivity contribution in [3.63, 3.8) is 0 Å². The number of rotatable bonds is 6. The van der Waals surface area contributed by atoms with E-state index in [1.807, 2.05) is 72.8 Å². The summed E-state index contributed by atoms with van der Waals surface area (Å²) in [5, 5.41) is 4.32. The van der Waals surface area contributed by atoms with Crippen LogP contribution in [0.5, 0.6) is 0 Å². The summed E-state index contributed by atoms with van der Waals surface area (Å²) >= 11 is 0. The van der Waals surface area contributed by atoms with Crippen molar-refractivity contribution >= 4 is 49.8 Å². The molecule has 7 aromatic carbocycles. The summed E-state index contributed by atoms with van der Waals surface area (Å²) in [6.45, 7) is 0. The maximum atomic E-state index is 6.89. The fraction of sp³-hybridized carbons (Fsp3) is 0. The van der Waals surface area contributed by atoms with Crippen LogP contribution in [0.15, 0.2) is 174 Å². The Morgan fingerprint density at radius 1 is 0.396 bits per heavy atom. The number of hydrogen-bond donors (Lipinski definition) is 0. The molecule has 0 radical (unpaired) electrons. The fourth-order valence-corrected chi connectivity index (χ4v) is 6.41. The highest BCUT2D eigenvalue weighted by Crippen LogP contribution is 2.46. The molecule has 0 spiro atoms. The van der Waals surface area contributed by atoms with Gasteiger partial charge in [-0.2, -0.15) is 0 Å². The minimum Gasteiger partial charge on any atom is -0.454 e. The van der Waals surface area contributed by atoms with Crippen LogP contribution in [-0.4, -0.2) is 15.0 Å². The Morgan fingerprint density at radius 3 is 1.48 bits per heavy atom. The van der Waals surface area contributed by atoms with Crippen molar-refractivity contribution in [2.75, 3.05) is 4.90 Å². The smallest absolute Gasteiger partial charge is 0.164 e. The molecule has 0 atom stereocenters. The molecule has 5 heteroatoms. The molecule has 0 N–H and O–H groups in total. The largest absolute Gasteiger partial charge is 0.454 e. The van der Waals surface area contributed by atoms with E-state index in [1.54, 1.807) is 0 Å². The number of fused-ring (bicyclic) bond motifs is 4. The topological polar surface area (TPSA) is 55.1 Å². The maximum absolute atomic E-state index is 6.89. The number of benzene rings is 7. The predicted octanol–water partition coefficient (Wildman–Crippen LogP) is 11.4. The number of hydrogen-bond acceptors (Lipinski definition) is 5. The third-order valence-electron chi connectivity index (χ3n) is 8.67. The first kappa shape index (κ1) is 27.7. The number of furan rings is 1. The molecule has 0 aliphatic rings. The van der Waals surface area contributed by atoms with Gasteiger partial charge in [-0.15, -0.1) is 0 Å². The summed E-state index contributed by atoms with van der Waals surface area (Å²) < 4.78 is 6.89. The zero-order valence-corrected chi connectivity index (χ0v) is 25.9. The molecule has 9 rings (SSSR count). The minimum atomic E-state index is 0.589. The van der Waals surface area contributed by atoms with Crippen LogP contribution in [0.2, 0.25) is 0 Å². The number of para-hydroxylation sites is 2. The molecule has 0 fully saturated rings. The molecule has 48 heavy (non-hydrogen) atoms. The SMILES string of the molecule is c1ccc(-c2nc(-c3ccccc3)nc(-c3ccc4c(c3)oc3c(N(c5ccccc5)c5ccccc5)c5ccccc5cc34)n2)cc1. The highest BCUT2D eigenvalue weighted by atomic mass is 16.3. The first-order valence-corrected chi connectivity index (χ1v) is 16.0. The molecule has 0 bridgehead atoms. The number of anilines is 3. The Bertz CT molecular complexity index is 2450. The van der Waals surface area contributed by atoms with Gasteiger partial charge in [-0.1, -0.05) is 127 Å². The van der Waals surface area contributed by atoms with Crippen LogP contribution in [0.4, 0.5) is 17.1 Å². The van der Waals surface area contributed by atoms with E-state index < -0.39 is 0 Å². The Hall–Kier alpha value is -6.59. The van der Waals surface area contributed by atoms with Gasteiger partial charge in [0.2, 0.25) is 0 Å². The van der Waals surface area contributed by atoms with Gasteiger partial charge >= 0.3 is 0 Å². The summed E-state index contributed by atoms with van der Waals surface area (Å²) in [7, 11) is 0. The van der Waals surface area contributed by atoms with Crippen molar-refractivity contribution in [1.82, 2.24) is 15.0 Å². The summed E-state index contributed by atoms with van der Waals surface area (Å²) in [6.07, 6.45) is 0. The molecular formula is C43H28N4O. The van der Waals surface area contributed by atoms with Crippen molar-refractivity contribution in [2.24, 2.45) is 0 Å². The van der Waals surface area contributed by atoms with Crippen LogP contribution < -0.4 is 4.90 Å². The van der Waals surface area contributed by atoms with Gasteiger partial charge in [0.15, 0.2) is 23.1 Å². The Kier molecular flexibility index (Phi) is 6.72. The second-order valence-electron chi connectivity index (χ2n) is 11.7. The Morgan fingerprint density at radius 2 is 0.896 bits per heavy atom. The lowest BCUT2D eigenvalue weighted by Gasteiger charge is -2.26. The number of nitrogens with zero attached hydrogens (tertiary/aromatic N) is 4. The van der Waals surface area contributed by atoms with Crippen molar-refractivity contribution in [3.8, 4) is 34.2 Å². The van der Waals surface area contributed by atoms with Crippen molar-refractivity contribution in [2.45, 2.75) is 0 Å². The van der Waals surface area contributed by atoms with E-state index in [1.165, 1.54) is 0 Å². The number of aromatic nitrogens is 3. The van der Waals surface area contributed by atoms with Gasteiger partial charge < -0.3 is 9.32 Å². The monoisotopic (exact) mass is 616 g/mol. The maximum Gasteiger partial charge on any atom is 0.164 e. The van der Waals surface area contributed by atoms with Gasteiger partial charge in [-0.3, -0.25) is 0 Å². The molecule has 5 nitrogen and oxygen atoms in total. The molecule has 0 aliphatic heterocycles. The lowest BCUT2D eigenvalue weighted by atomic mass is 10.0. The molecule has 226 valence electrons. The second-order valence-corrected chi connectivity index (χ2v) is 11.7. The van der Waals surface area contributed by atoms with Gasteiger partial charge in [-0.25, -0.2) is 15.0 Å². The normalized spacial score (nSPS) is 11.3. The zero-order valence-electron chi connectivity index (χ0n) is 25.9. The van der Waals surface area contributed by atoms with E-state index in [0.717, 1.165) is 66.5 Å².